The first-order chi connectivity index (χ1) is 18.8. The van der Waals surface area contributed by atoms with Crippen molar-refractivity contribution in [2.75, 3.05) is 18.0 Å². The molecule has 1 saturated heterocycles. The summed E-state index contributed by atoms with van der Waals surface area (Å²) in [6, 6.07) is 7.18. The average molecular weight is 587 g/mol. The van der Waals surface area contributed by atoms with Crippen LogP contribution in [0.15, 0.2) is 30.3 Å². The van der Waals surface area contributed by atoms with Crippen LogP contribution in [0.25, 0.3) is 5.69 Å². The highest BCUT2D eigenvalue weighted by Crippen LogP contribution is 2.58. The molecular formula is C26H22ClF7N6. The zero-order chi connectivity index (χ0) is 28.2. The van der Waals surface area contributed by atoms with Gasteiger partial charge in [0.15, 0.2) is 17.3 Å². The summed E-state index contributed by atoms with van der Waals surface area (Å²) in [6.45, 7) is 0.998. The van der Waals surface area contributed by atoms with Crippen LogP contribution in [0.3, 0.4) is 0 Å². The van der Waals surface area contributed by atoms with Gasteiger partial charge < -0.3 is 4.90 Å². The molecule has 6 nitrogen and oxygen atoms in total. The second-order valence-corrected chi connectivity index (χ2v) is 11.9. The molecule has 0 radical (unpaired) electrons. The van der Waals surface area contributed by atoms with Crippen LogP contribution in [0.5, 0.6) is 0 Å². The third-order valence-corrected chi connectivity index (χ3v) is 9.02. The largest absolute Gasteiger partial charge is 0.436 e. The number of alkyl halides is 6. The van der Waals surface area contributed by atoms with E-state index >= 15 is 0 Å². The summed E-state index contributed by atoms with van der Waals surface area (Å²) >= 11 is 6.24. The normalized spacial score (nSPS) is 21.9. The number of halogens is 8. The Morgan fingerprint density at radius 3 is 2.30 bits per heavy atom. The Labute approximate surface area is 228 Å². The number of aromatic nitrogens is 4. The number of anilines is 1. The van der Waals surface area contributed by atoms with Crippen LogP contribution >= 0.6 is 11.6 Å². The highest BCUT2D eigenvalue weighted by Gasteiger charge is 2.67. The molecule has 212 valence electrons. The molecule has 1 spiro atoms. The fourth-order valence-electron chi connectivity index (χ4n) is 6.65. The minimum Gasteiger partial charge on any atom is -0.355 e. The Morgan fingerprint density at radius 1 is 0.925 bits per heavy atom. The first kappa shape index (κ1) is 26.0. The first-order valence-corrected chi connectivity index (χ1v) is 13.2. The molecule has 14 heteroatoms. The van der Waals surface area contributed by atoms with Gasteiger partial charge in [0.05, 0.1) is 12.2 Å². The SMILES string of the molecule is Fc1ccc(N2CC3(CC(c4nnc5n4-c4ccc(Cl)cc4CN(C4(C(F)(F)F)CC4)C5)C3)C2)nc1C(F)(F)F. The van der Waals surface area contributed by atoms with E-state index in [1.165, 1.54) is 11.0 Å². The fourth-order valence-corrected chi connectivity index (χ4v) is 6.84. The molecule has 3 fully saturated rings. The Morgan fingerprint density at radius 2 is 1.65 bits per heavy atom. The molecule has 4 aliphatic rings. The molecule has 7 rings (SSSR count). The van der Waals surface area contributed by atoms with Crippen LogP contribution in [-0.4, -0.2) is 49.5 Å². The van der Waals surface area contributed by atoms with Gasteiger partial charge in [-0.3, -0.25) is 9.47 Å². The maximum Gasteiger partial charge on any atom is 0.436 e. The molecule has 0 amide bonds. The summed E-state index contributed by atoms with van der Waals surface area (Å²) in [7, 11) is 0. The number of hydrogen-bond donors (Lipinski definition) is 0. The Kier molecular flexibility index (Phi) is 5.40. The Hall–Kier alpha value is -2.93. The van der Waals surface area contributed by atoms with Crippen LogP contribution < -0.4 is 4.90 Å². The van der Waals surface area contributed by atoms with Crippen molar-refractivity contribution in [3.05, 3.63) is 64.1 Å². The minimum atomic E-state index is -4.88. The van der Waals surface area contributed by atoms with Crippen molar-refractivity contribution >= 4 is 17.4 Å². The lowest BCUT2D eigenvalue weighted by Gasteiger charge is -2.59. The number of rotatable bonds is 3. The van der Waals surface area contributed by atoms with Crippen molar-refractivity contribution in [3.8, 4) is 5.69 Å². The number of fused-ring (bicyclic) bond motifs is 3. The molecule has 2 aromatic heterocycles. The zero-order valence-electron chi connectivity index (χ0n) is 20.8. The van der Waals surface area contributed by atoms with Gasteiger partial charge in [-0.05, 0) is 61.6 Å². The molecular weight excluding hydrogens is 565 g/mol. The van der Waals surface area contributed by atoms with Crippen molar-refractivity contribution in [2.24, 2.45) is 5.41 Å². The maximum absolute atomic E-state index is 14.0. The summed E-state index contributed by atoms with van der Waals surface area (Å²) in [6.07, 6.45) is -7.82. The summed E-state index contributed by atoms with van der Waals surface area (Å²) in [4.78, 5) is 6.63. The highest BCUT2D eigenvalue weighted by molar-refractivity contribution is 6.30. The molecule has 3 aromatic rings. The second-order valence-electron chi connectivity index (χ2n) is 11.4. The van der Waals surface area contributed by atoms with Gasteiger partial charge >= 0.3 is 12.4 Å². The van der Waals surface area contributed by atoms with Crippen molar-refractivity contribution in [1.82, 2.24) is 24.6 Å². The second kappa shape index (κ2) is 8.31. The molecule has 0 N–H and O–H groups in total. The molecule has 0 unspecified atom stereocenters. The zero-order valence-corrected chi connectivity index (χ0v) is 21.6. The quantitative estimate of drug-likeness (QED) is 0.339. The topological polar surface area (TPSA) is 50.1 Å². The van der Waals surface area contributed by atoms with E-state index in [-0.39, 0.29) is 43.1 Å². The average Bonchev–Trinajstić information content (AvgIpc) is 3.57. The first-order valence-electron chi connectivity index (χ1n) is 12.8. The predicted octanol–water partition coefficient (Wildman–Crippen LogP) is 6.27. The third kappa shape index (κ3) is 3.91. The van der Waals surface area contributed by atoms with E-state index in [1.807, 2.05) is 4.57 Å². The van der Waals surface area contributed by atoms with Gasteiger partial charge in [0, 0.05) is 36.0 Å². The Bertz CT molecular complexity index is 1500. The van der Waals surface area contributed by atoms with Crippen molar-refractivity contribution in [3.63, 3.8) is 0 Å². The lowest BCUT2D eigenvalue weighted by Crippen LogP contribution is -2.62. The van der Waals surface area contributed by atoms with E-state index in [0.717, 1.165) is 6.07 Å². The van der Waals surface area contributed by atoms with E-state index in [4.69, 9.17) is 11.6 Å². The summed E-state index contributed by atoms with van der Waals surface area (Å²) in [5.41, 5.74) is -2.21. The Balaban J connectivity index is 1.13. The smallest absolute Gasteiger partial charge is 0.355 e. The van der Waals surface area contributed by atoms with Crippen LogP contribution in [0.2, 0.25) is 5.02 Å². The third-order valence-electron chi connectivity index (χ3n) is 8.79. The van der Waals surface area contributed by atoms with E-state index in [0.29, 0.717) is 53.9 Å². The number of hydrogen-bond acceptors (Lipinski definition) is 5. The summed E-state index contributed by atoms with van der Waals surface area (Å²) in [5, 5.41) is 9.15. The van der Waals surface area contributed by atoms with Crippen molar-refractivity contribution in [1.29, 1.82) is 0 Å². The fraction of sp³-hybridized carbons (Fsp3) is 0.500. The van der Waals surface area contributed by atoms with Gasteiger partial charge in [0.25, 0.3) is 0 Å². The minimum absolute atomic E-state index is 0.0117. The number of nitrogens with zero attached hydrogens (tertiary/aromatic N) is 6. The van der Waals surface area contributed by atoms with E-state index < -0.39 is 29.4 Å². The molecule has 4 heterocycles. The van der Waals surface area contributed by atoms with Crippen LogP contribution in [0, 0.1) is 11.2 Å². The molecule has 2 aliphatic carbocycles. The molecule has 2 saturated carbocycles. The van der Waals surface area contributed by atoms with Gasteiger partial charge in [-0.2, -0.15) is 26.3 Å². The van der Waals surface area contributed by atoms with Gasteiger partial charge in [0.2, 0.25) is 0 Å². The monoisotopic (exact) mass is 586 g/mol. The van der Waals surface area contributed by atoms with Crippen LogP contribution in [0.4, 0.5) is 36.6 Å². The van der Waals surface area contributed by atoms with E-state index in [9.17, 15) is 30.7 Å². The van der Waals surface area contributed by atoms with E-state index in [2.05, 4.69) is 15.2 Å². The van der Waals surface area contributed by atoms with Crippen LogP contribution in [-0.2, 0) is 19.3 Å². The number of benzene rings is 1. The van der Waals surface area contributed by atoms with Crippen molar-refractivity contribution in [2.45, 2.75) is 62.6 Å². The van der Waals surface area contributed by atoms with E-state index in [1.54, 1.807) is 23.1 Å². The molecule has 0 atom stereocenters. The summed E-state index contributed by atoms with van der Waals surface area (Å²) in [5.74, 6) is -0.282. The molecule has 1 aromatic carbocycles. The maximum atomic E-state index is 14.0. The standard InChI is InChI=1S/C26H22ClF7N6/c27-16-1-3-18-14(7-16)10-39(24(5-6-24)26(32,33)34)11-20-36-37-22(40(18)20)15-8-23(9-15)12-38(13-23)19-4-2-17(28)21(35-19)25(29,30)31/h1-4,7,15H,5-6,8-13H2. The van der Waals surface area contributed by atoms with Crippen LogP contribution in [0.1, 0.15) is 54.5 Å². The lowest BCUT2D eigenvalue weighted by molar-refractivity contribution is -0.200. The molecule has 2 aliphatic heterocycles. The summed E-state index contributed by atoms with van der Waals surface area (Å²) < 4.78 is 96.9. The predicted molar refractivity (Wildman–Crippen MR) is 129 cm³/mol. The van der Waals surface area contributed by atoms with Crippen molar-refractivity contribution < 1.29 is 30.7 Å². The molecule has 40 heavy (non-hydrogen) atoms. The van der Waals surface area contributed by atoms with Gasteiger partial charge in [-0.15, -0.1) is 10.2 Å². The van der Waals surface area contributed by atoms with Gasteiger partial charge in [0.1, 0.15) is 17.2 Å². The van der Waals surface area contributed by atoms with Gasteiger partial charge in [-0.1, -0.05) is 11.6 Å². The lowest BCUT2D eigenvalue weighted by atomic mass is 9.57. The molecule has 0 bridgehead atoms. The van der Waals surface area contributed by atoms with Gasteiger partial charge in [-0.25, -0.2) is 9.37 Å². The highest BCUT2D eigenvalue weighted by atomic mass is 35.5. The number of pyridine rings is 1.